The largest absolute Gasteiger partial charge is 0.508 e. The van der Waals surface area contributed by atoms with E-state index in [-0.39, 0.29) is 27.2 Å². The van der Waals surface area contributed by atoms with Gasteiger partial charge in [-0.3, -0.25) is 47.4 Å². The zero-order valence-electron chi connectivity index (χ0n) is 35.2. The summed E-state index contributed by atoms with van der Waals surface area (Å²) in [5.74, 6) is -12.1. The van der Waals surface area contributed by atoms with Crippen LogP contribution in [0.4, 0.5) is 0 Å². The highest BCUT2D eigenvalue weighted by Gasteiger charge is 2.45. The number of aromatic nitrogens is 1. The number of fused-ring (bicyclic) bond motifs is 5. The third kappa shape index (κ3) is 11.5. The number of amides is 9. The van der Waals surface area contributed by atoms with Crippen molar-refractivity contribution in [2.24, 2.45) is 17.6 Å². The Morgan fingerprint density at radius 2 is 1.55 bits per heavy atom. The summed E-state index contributed by atoms with van der Waals surface area (Å²) in [6.45, 7) is 1.76. The van der Waals surface area contributed by atoms with Crippen molar-refractivity contribution in [2.45, 2.75) is 99.9 Å². The standard InChI is InChI=1S/C39H54N10O14S/c1-4-16(2)31-36(60)42-11-29(55)43-25-15-64(63)38-21(20-6-5-18(51)7-22(20)46-38)9-23(33(57)41-12-30(56)47-31)44-37(61)32(17(3)27(53)14-50)48-35(59)26-8-19(52)13-49(26)39(62)24(10-28(40)54)45-34(25)58/h5-7,16-17,19,23-27,31-32,46,50-53H,4,8-15H2,1-3H3,(H2,40,54)(H,41,57)(H,42,60)(H,43,55)(H,44,61)(H,45,58)(H,47,56)(H,48,59)/t16-,17-,19+,23+,24+,25+,26+,27+,31-,32+,64+/m0/s1. The molecule has 14 N–H and O–H groups in total. The molecule has 0 saturated carbocycles. The number of phenols is 1. The maximum atomic E-state index is 14.6. The van der Waals surface area contributed by atoms with Crippen LogP contribution in [-0.4, -0.2) is 168 Å². The second-order valence-corrected chi connectivity index (χ2v) is 17.6. The van der Waals surface area contributed by atoms with Gasteiger partial charge in [0.25, 0.3) is 0 Å². The molecule has 3 aliphatic rings. The lowest BCUT2D eigenvalue weighted by molar-refractivity contribution is -0.144. The van der Waals surface area contributed by atoms with Gasteiger partial charge in [0, 0.05) is 36.8 Å². The molecule has 1 saturated heterocycles. The Kier molecular flexibility index (Phi) is 16.0. The highest BCUT2D eigenvalue weighted by Crippen LogP contribution is 2.30. The third-order valence-corrected chi connectivity index (χ3v) is 13.0. The van der Waals surface area contributed by atoms with E-state index < -0.39 is 176 Å². The number of hydrogen-bond donors (Lipinski definition) is 13. The molecule has 4 heterocycles. The van der Waals surface area contributed by atoms with Gasteiger partial charge in [0.1, 0.15) is 47.0 Å². The molecule has 2 bridgehead atoms. The molecular formula is C39H54N10O14S. The summed E-state index contributed by atoms with van der Waals surface area (Å²) >= 11 is 0. The molecule has 5 rings (SSSR count). The first-order chi connectivity index (χ1) is 30.2. The van der Waals surface area contributed by atoms with E-state index in [0.717, 1.165) is 4.90 Å². The monoisotopic (exact) mass is 918 g/mol. The van der Waals surface area contributed by atoms with Gasteiger partial charge in [-0.25, -0.2) is 0 Å². The molecule has 11 atom stereocenters. The van der Waals surface area contributed by atoms with Crippen LogP contribution in [0.1, 0.15) is 45.6 Å². The fraction of sp³-hybridized carbons (Fsp3) is 0.564. The van der Waals surface area contributed by atoms with Gasteiger partial charge in [0.05, 0.1) is 60.4 Å². The summed E-state index contributed by atoms with van der Waals surface area (Å²) in [5, 5.41) is 58.8. The van der Waals surface area contributed by atoms with Crippen molar-refractivity contribution in [3.05, 3.63) is 23.8 Å². The number of nitrogens with one attached hydrogen (secondary N) is 8. The number of aromatic amines is 1. The fourth-order valence-electron chi connectivity index (χ4n) is 7.70. The lowest BCUT2D eigenvalue weighted by Crippen LogP contribution is -2.62. The van der Waals surface area contributed by atoms with Crippen LogP contribution < -0.4 is 43.0 Å². The highest BCUT2D eigenvalue weighted by atomic mass is 32.2. The molecule has 0 spiro atoms. The Morgan fingerprint density at radius 3 is 2.20 bits per heavy atom. The molecule has 0 radical (unpaired) electrons. The Morgan fingerprint density at radius 1 is 0.875 bits per heavy atom. The fourth-order valence-corrected chi connectivity index (χ4v) is 9.10. The number of H-pyrrole nitrogens is 1. The van der Waals surface area contributed by atoms with Crippen LogP contribution in [0.5, 0.6) is 5.75 Å². The number of rotatable bonds is 7. The third-order valence-electron chi connectivity index (χ3n) is 11.5. The van der Waals surface area contributed by atoms with E-state index in [1.54, 1.807) is 13.8 Å². The molecule has 3 aliphatic heterocycles. The van der Waals surface area contributed by atoms with Crippen molar-refractivity contribution in [3.8, 4) is 5.75 Å². The second kappa shape index (κ2) is 21.0. The van der Waals surface area contributed by atoms with E-state index in [1.165, 1.54) is 25.1 Å². The minimum Gasteiger partial charge on any atom is -0.508 e. The van der Waals surface area contributed by atoms with Crippen LogP contribution in [0.15, 0.2) is 23.2 Å². The number of carbonyl (C=O) groups is 9. The van der Waals surface area contributed by atoms with Gasteiger partial charge in [-0.1, -0.05) is 27.2 Å². The van der Waals surface area contributed by atoms with Crippen LogP contribution >= 0.6 is 0 Å². The van der Waals surface area contributed by atoms with Crippen LogP contribution in [0.2, 0.25) is 0 Å². The Bertz CT molecular complexity index is 2200. The topological polar surface area (TPSA) is 381 Å². The minimum absolute atomic E-state index is 0.0800. The quantitative estimate of drug-likeness (QED) is 0.123. The average molecular weight is 919 g/mol. The number of nitrogens with zero attached hydrogens (tertiary/aromatic N) is 1. The molecule has 2 aromatic rings. The van der Waals surface area contributed by atoms with Crippen LogP contribution in [0.3, 0.4) is 0 Å². The lowest BCUT2D eigenvalue weighted by Gasteiger charge is -2.32. The molecule has 64 heavy (non-hydrogen) atoms. The molecule has 1 aromatic heterocycles. The van der Waals surface area contributed by atoms with Gasteiger partial charge in [-0.2, -0.15) is 0 Å². The number of phenolic OH excluding ortho intramolecular Hbond substituents is 1. The van der Waals surface area contributed by atoms with Crippen LogP contribution in [0, 0.1) is 11.8 Å². The van der Waals surface area contributed by atoms with Crippen molar-refractivity contribution in [1.29, 1.82) is 0 Å². The molecule has 9 amide bonds. The van der Waals surface area contributed by atoms with Crippen molar-refractivity contribution in [2.75, 3.05) is 32.0 Å². The molecule has 0 aliphatic carbocycles. The first-order valence-corrected chi connectivity index (χ1v) is 21.9. The number of hydrogen-bond acceptors (Lipinski definition) is 14. The first kappa shape index (κ1) is 48.8. The summed E-state index contributed by atoms with van der Waals surface area (Å²) < 4.78 is 14.6. The van der Waals surface area contributed by atoms with Gasteiger partial charge in [0.15, 0.2) is 0 Å². The van der Waals surface area contributed by atoms with Crippen molar-refractivity contribution < 1.29 is 67.8 Å². The number of benzene rings is 1. The molecule has 1 fully saturated rings. The van der Waals surface area contributed by atoms with E-state index in [4.69, 9.17) is 5.73 Å². The van der Waals surface area contributed by atoms with Crippen molar-refractivity contribution >= 4 is 74.9 Å². The molecule has 24 nitrogen and oxygen atoms in total. The Balaban J connectivity index is 1.73. The summed E-state index contributed by atoms with van der Waals surface area (Å²) in [4.78, 5) is 127. The molecule has 1 aromatic carbocycles. The van der Waals surface area contributed by atoms with E-state index >= 15 is 0 Å². The number of aliphatic hydroxyl groups excluding tert-OH is 3. The maximum absolute atomic E-state index is 14.6. The number of primary amides is 1. The second-order valence-electron chi connectivity index (χ2n) is 16.1. The smallest absolute Gasteiger partial charge is 0.246 e. The van der Waals surface area contributed by atoms with Gasteiger partial charge in [-0.15, -0.1) is 0 Å². The lowest BCUT2D eigenvalue weighted by atomic mass is 9.93. The van der Waals surface area contributed by atoms with E-state index in [9.17, 15) is 67.8 Å². The van der Waals surface area contributed by atoms with Gasteiger partial charge in [-0.05, 0) is 23.6 Å². The number of aliphatic hydroxyl groups is 3. The first-order valence-electron chi connectivity index (χ1n) is 20.6. The summed E-state index contributed by atoms with van der Waals surface area (Å²) in [6, 6.07) is -5.99. The zero-order valence-corrected chi connectivity index (χ0v) is 36.0. The predicted octanol–water partition coefficient (Wildman–Crippen LogP) is -5.92. The summed E-state index contributed by atoms with van der Waals surface area (Å²) in [7, 11) is -2.38. The van der Waals surface area contributed by atoms with Gasteiger partial charge < -0.3 is 73.3 Å². The Hall–Kier alpha value is -6.18. The van der Waals surface area contributed by atoms with Gasteiger partial charge in [0.2, 0.25) is 53.2 Å². The summed E-state index contributed by atoms with van der Waals surface area (Å²) in [6.07, 6.45) is -4.42. The van der Waals surface area contributed by atoms with E-state index in [2.05, 4.69) is 42.2 Å². The minimum atomic E-state index is -2.38. The molecular weight excluding hydrogens is 865 g/mol. The predicted molar refractivity (Wildman–Crippen MR) is 222 cm³/mol. The normalized spacial score (nSPS) is 28.5. The number of nitrogens with two attached hydrogens (primary N) is 1. The number of aromatic hydroxyl groups is 1. The number of carbonyl (C=O) groups excluding carboxylic acids is 9. The highest BCUT2D eigenvalue weighted by molar-refractivity contribution is 7.85. The van der Waals surface area contributed by atoms with E-state index in [1.807, 2.05) is 0 Å². The van der Waals surface area contributed by atoms with Crippen molar-refractivity contribution in [3.63, 3.8) is 0 Å². The van der Waals surface area contributed by atoms with Gasteiger partial charge >= 0.3 is 0 Å². The zero-order chi connectivity index (χ0) is 47.2. The van der Waals surface area contributed by atoms with E-state index in [0.29, 0.717) is 6.42 Å². The molecule has 0 unspecified atom stereocenters. The van der Waals surface area contributed by atoms with Crippen LogP contribution in [-0.2, 0) is 60.4 Å². The van der Waals surface area contributed by atoms with Crippen molar-refractivity contribution in [1.82, 2.24) is 47.1 Å². The maximum Gasteiger partial charge on any atom is 0.246 e. The van der Waals surface area contributed by atoms with Crippen LogP contribution in [0.25, 0.3) is 10.9 Å². The molecule has 350 valence electrons. The SMILES string of the molecule is CC[C@H](C)[C@@H]1NC(=O)CNC(=O)[C@H]2Cc3c([nH]c4cc(O)ccc34)[S@](=O)C[C@@H](NC(=O)CNC1=O)C(=O)N[C@H](CC(N)=O)C(=O)N1C[C@H](O)C[C@@H]1C(=O)N[C@H]([C@@H](C)[C@H](O)CO)C(=O)N2. The average Bonchev–Trinajstić information content (AvgIpc) is 3.82. The Labute approximate surface area is 368 Å². The summed E-state index contributed by atoms with van der Waals surface area (Å²) in [5.41, 5.74) is 5.73. The molecule has 25 heteroatoms.